The molecular formula is C12H19NO4S. The molecule has 1 aromatic rings. The van der Waals surface area contributed by atoms with Crippen molar-refractivity contribution >= 4 is 15.5 Å². The molecule has 0 saturated heterocycles. The zero-order valence-corrected chi connectivity index (χ0v) is 11.4. The minimum atomic E-state index is -3.28. The van der Waals surface area contributed by atoms with Crippen LogP contribution in [0.2, 0.25) is 0 Å². The molecule has 0 fully saturated rings. The van der Waals surface area contributed by atoms with Crippen LogP contribution in [0.5, 0.6) is 0 Å². The van der Waals surface area contributed by atoms with Crippen molar-refractivity contribution in [2.75, 3.05) is 31.4 Å². The van der Waals surface area contributed by atoms with Gasteiger partial charge in [-0.25, -0.2) is 8.42 Å². The monoisotopic (exact) mass is 273 g/mol. The van der Waals surface area contributed by atoms with Gasteiger partial charge in [0.25, 0.3) is 0 Å². The average Bonchev–Trinajstić information content (AvgIpc) is 2.38. The van der Waals surface area contributed by atoms with E-state index in [1.165, 1.54) is 7.11 Å². The minimum Gasteiger partial charge on any atom is -0.394 e. The first kappa shape index (κ1) is 14.9. The molecule has 0 aliphatic carbocycles. The number of para-hydroxylation sites is 1. The Morgan fingerprint density at radius 1 is 1.39 bits per heavy atom. The normalized spacial score (nSPS) is 13.3. The van der Waals surface area contributed by atoms with Crippen LogP contribution in [0.4, 0.5) is 5.69 Å². The Morgan fingerprint density at radius 2 is 2.06 bits per heavy atom. The second-order valence-corrected chi connectivity index (χ2v) is 6.13. The molecule has 0 bridgehead atoms. The molecule has 0 aliphatic heterocycles. The summed E-state index contributed by atoms with van der Waals surface area (Å²) in [7, 11) is -1.76. The summed E-state index contributed by atoms with van der Waals surface area (Å²) in [5, 5.41) is 12.2. The number of aliphatic hydroxyl groups is 1. The van der Waals surface area contributed by atoms with Crippen molar-refractivity contribution in [2.24, 2.45) is 0 Å². The third kappa shape index (κ3) is 3.69. The lowest BCUT2D eigenvalue weighted by atomic mass is 10.2. The van der Waals surface area contributed by atoms with E-state index in [4.69, 9.17) is 4.74 Å². The van der Waals surface area contributed by atoms with Crippen LogP contribution < -0.4 is 5.32 Å². The van der Waals surface area contributed by atoms with Crippen molar-refractivity contribution < 1.29 is 18.3 Å². The molecule has 5 nitrogen and oxygen atoms in total. The molecule has 0 spiro atoms. The Kier molecular flexibility index (Phi) is 5.58. The van der Waals surface area contributed by atoms with Crippen molar-refractivity contribution in [2.45, 2.75) is 17.9 Å². The molecule has 0 heterocycles. The lowest BCUT2D eigenvalue weighted by Crippen LogP contribution is -2.29. The highest BCUT2D eigenvalue weighted by Crippen LogP contribution is 2.22. The van der Waals surface area contributed by atoms with E-state index in [-0.39, 0.29) is 23.3 Å². The summed E-state index contributed by atoms with van der Waals surface area (Å²) in [6.45, 7) is 1.77. The largest absolute Gasteiger partial charge is 0.394 e. The number of anilines is 1. The van der Waals surface area contributed by atoms with Gasteiger partial charge < -0.3 is 15.2 Å². The predicted octanol–water partition coefficient (Wildman–Crippen LogP) is 0.899. The van der Waals surface area contributed by atoms with Gasteiger partial charge >= 0.3 is 0 Å². The van der Waals surface area contributed by atoms with Gasteiger partial charge in [-0.15, -0.1) is 0 Å². The zero-order chi connectivity index (χ0) is 13.6. The fraction of sp³-hybridized carbons (Fsp3) is 0.500. The molecule has 6 heteroatoms. The van der Waals surface area contributed by atoms with Gasteiger partial charge in [-0.05, 0) is 12.1 Å². The Labute approximate surface area is 108 Å². The number of benzene rings is 1. The summed E-state index contributed by atoms with van der Waals surface area (Å²) >= 11 is 0. The standard InChI is InChI=1S/C12H19NO4S/c1-3-18(15,16)12-7-5-4-6-11(12)13-10(8-14)9-17-2/h4-7,10,13-14H,3,8-9H2,1-2H3. The maximum atomic E-state index is 11.9. The van der Waals surface area contributed by atoms with Crippen molar-refractivity contribution in [3.8, 4) is 0 Å². The van der Waals surface area contributed by atoms with E-state index >= 15 is 0 Å². The van der Waals surface area contributed by atoms with Gasteiger partial charge in [-0.2, -0.15) is 0 Å². The van der Waals surface area contributed by atoms with Crippen molar-refractivity contribution in [3.63, 3.8) is 0 Å². The van der Waals surface area contributed by atoms with Crippen LogP contribution in [-0.4, -0.2) is 45.6 Å². The molecule has 0 radical (unpaired) electrons. The zero-order valence-electron chi connectivity index (χ0n) is 10.6. The van der Waals surface area contributed by atoms with E-state index < -0.39 is 9.84 Å². The lowest BCUT2D eigenvalue weighted by molar-refractivity contribution is 0.153. The van der Waals surface area contributed by atoms with Gasteiger partial charge in [0.05, 0.1) is 35.6 Å². The van der Waals surface area contributed by atoms with Crippen LogP contribution in [0.1, 0.15) is 6.92 Å². The van der Waals surface area contributed by atoms with E-state index in [0.29, 0.717) is 12.3 Å². The number of hydrogen-bond acceptors (Lipinski definition) is 5. The smallest absolute Gasteiger partial charge is 0.180 e. The lowest BCUT2D eigenvalue weighted by Gasteiger charge is -2.18. The number of ether oxygens (including phenoxy) is 1. The number of methoxy groups -OCH3 is 1. The maximum Gasteiger partial charge on any atom is 0.180 e. The van der Waals surface area contributed by atoms with Crippen LogP contribution in [0.15, 0.2) is 29.2 Å². The highest BCUT2D eigenvalue weighted by Gasteiger charge is 2.17. The van der Waals surface area contributed by atoms with Crippen LogP contribution in [0.3, 0.4) is 0 Å². The summed E-state index contributed by atoms with van der Waals surface area (Å²) < 4.78 is 28.8. The van der Waals surface area contributed by atoms with Crippen molar-refractivity contribution in [3.05, 3.63) is 24.3 Å². The van der Waals surface area contributed by atoms with E-state index in [1.54, 1.807) is 31.2 Å². The fourth-order valence-electron chi connectivity index (χ4n) is 1.57. The minimum absolute atomic E-state index is 0.0414. The molecule has 1 aromatic carbocycles. The fourth-order valence-corrected chi connectivity index (χ4v) is 2.63. The first-order chi connectivity index (χ1) is 8.55. The second kappa shape index (κ2) is 6.72. The Hall–Kier alpha value is -1.11. The van der Waals surface area contributed by atoms with Crippen molar-refractivity contribution in [1.82, 2.24) is 0 Å². The van der Waals surface area contributed by atoms with Gasteiger partial charge in [-0.1, -0.05) is 19.1 Å². The summed E-state index contributed by atoms with van der Waals surface area (Å²) in [6.07, 6.45) is 0. The van der Waals surface area contributed by atoms with Gasteiger partial charge in [0.2, 0.25) is 0 Å². The number of rotatable bonds is 7. The van der Waals surface area contributed by atoms with Gasteiger partial charge in [-0.3, -0.25) is 0 Å². The summed E-state index contributed by atoms with van der Waals surface area (Å²) in [6, 6.07) is 6.34. The molecular weight excluding hydrogens is 254 g/mol. The molecule has 102 valence electrons. The number of nitrogens with one attached hydrogen (secondary N) is 1. The molecule has 0 amide bonds. The topological polar surface area (TPSA) is 75.6 Å². The molecule has 0 aliphatic rings. The first-order valence-electron chi connectivity index (χ1n) is 5.73. The van der Waals surface area contributed by atoms with Gasteiger partial charge in [0.1, 0.15) is 0 Å². The molecule has 18 heavy (non-hydrogen) atoms. The molecule has 1 unspecified atom stereocenters. The van der Waals surface area contributed by atoms with E-state index in [2.05, 4.69) is 5.32 Å². The number of aliphatic hydroxyl groups excluding tert-OH is 1. The third-order valence-electron chi connectivity index (χ3n) is 2.55. The maximum absolute atomic E-state index is 11.9. The highest BCUT2D eigenvalue weighted by molar-refractivity contribution is 7.91. The summed E-state index contributed by atoms with van der Waals surface area (Å²) in [5.41, 5.74) is 0.496. The average molecular weight is 273 g/mol. The predicted molar refractivity (Wildman–Crippen MR) is 70.5 cm³/mol. The molecule has 0 saturated carbocycles. The molecule has 1 rings (SSSR count). The molecule has 2 N–H and O–H groups in total. The molecule has 1 atom stereocenters. The third-order valence-corrected chi connectivity index (χ3v) is 4.34. The van der Waals surface area contributed by atoms with E-state index in [0.717, 1.165) is 0 Å². The van der Waals surface area contributed by atoms with Crippen molar-refractivity contribution in [1.29, 1.82) is 0 Å². The second-order valence-electron chi connectivity index (χ2n) is 3.88. The summed E-state index contributed by atoms with van der Waals surface area (Å²) in [5.74, 6) is 0.0414. The highest BCUT2D eigenvalue weighted by atomic mass is 32.2. The Bertz CT molecular complexity index is 473. The van der Waals surface area contributed by atoms with Gasteiger partial charge in [0, 0.05) is 7.11 Å². The quantitative estimate of drug-likeness (QED) is 0.772. The first-order valence-corrected chi connectivity index (χ1v) is 7.38. The number of hydrogen-bond donors (Lipinski definition) is 2. The van der Waals surface area contributed by atoms with Crippen LogP contribution in [0.25, 0.3) is 0 Å². The van der Waals surface area contributed by atoms with Crippen LogP contribution in [-0.2, 0) is 14.6 Å². The van der Waals surface area contributed by atoms with Crippen LogP contribution in [0, 0.1) is 0 Å². The van der Waals surface area contributed by atoms with Gasteiger partial charge in [0.15, 0.2) is 9.84 Å². The van der Waals surface area contributed by atoms with Crippen LogP contribution >= 0.6 is 0 Å². The number of sulfone groups is 1. The van der Waals surface area contributed by atoms with E-state index in [9.17, 15) is 13.5 Å². The summed E-state index contributed by atoms with van der Waals surface area (Å²) in [4.78, 5) is 0.252. The van der Waals surface area contributed by atoms with E-state index in [1.807, 2.05) is 0 Å². The Balaban J connectivity index is 3.03. The SMILES string of the molecule is CCS(=O)(=O)c1ccccc1NC(CO)COC. The molecule has 0 aromatic heterocycles. The Morgan fingerprint density at radius 3 is 2.61 bits per heavy atom.